The molecule has 1 aliphatic heterocycles. The molecule has 0 saturated carbocycles. The van der Waals surface area contributed by atoms with Crippen molar-refractivity contribution in [3.8, 4) is 0 Å². The monoisotopic (exact) mass is 177 g/mol. The summed E-state index contributed by atoms with van der Waals surface area (Å²) in [6.45, 7) is 0.441. The summed E-state index contributed by atoms with van der Waals surface area (Å²) in [6.07, 6.45) is 0.757. The van der Waals surface area contributed by atoms with Crippen LogP contribution in [-0.2, 0) is 4.74 Å². The van der Waals surface area contributed by atoms with Crippen LogP contribution in [0, 0.1) is 0 Å². The predicted molar refractivity (Wildman–Crippen MR) is 49.0 cm³/mol. The van der Waals surface area contributed by atoms with E-state index in [0.717, 1.165) is 5.56 Å². The molecular weight excluding hydrogens is 166 g/mol. The highest BCUT2D eigenvalue weighted by atomic mass is 16.5. The summed E-state index contributed by atoms with van der Waals surface area (Å²) in [6, 6.07) is 9.97. The summed E-state index contributed by atoms with van der Waals surface area (Å²) in [5, 5.41) is 11.7. The van der Waals surface area contributed by atoms with E-state index in [1.165, 1.54) is 0 Å². The van der Waals surface area contributed by atoms with Gasteiger partial charge in [0.15, 0.2) is 0 Å². The molecule has 3 heteroatoms. The lowest BCUT2D eigenvalue weighted by Gasteiger charge is -2.07. The molecule has 1 aromatic rings. The second-order valence-corrected chi connectivity index (χ2v) is 3.08. The van der Waals surface area contributed by atoms with Crippen molar-refractivity contribution in [3.63, 3.8) is 0 Å². The summed E-state index contributed by atoms with van der Waals surface area (Å²) in [7, 11) is 0. The summed E-state index contributed by atoms with van der Waals surface area (Å²) in [5.41, 5.74) is 1.86. The topological polar surface area (TPSA) is 41.8 Å². The average molecular weight is 177 g/mol. The van der Waals surface area contributed by atoms with Crippen molar-refractivity contribution >= 4 is 5.71 Å². The standard InChI is InChI=1S/C10H11NO2/c12-11-9-6-10(13-7-9)8-4-2-1-3-5-8/h1-5,10,12H,6-7H2/b11-9+/t10-/m0/s1. The Bertz CT molecular complexity index is 308. The van der Waals surface area contributed by atoms with Gasteiger partial charge in [0, 0.05) is 6.42 Å². The third-order valence-electron chi connectivity index (χ3n) is 2.18. The Balaban J connectivity index is 2.13. The third-order valence-corrected chi connectivity index (χ3v) is 2.18. The van der Waals surface area contributed by atoms with Crippen molar-refractivity contribution in [2.45, 2.75) is 12.5 Å². The van der Waals surface area contributed by atoms with Gasteiger partial charge in [-0.15, -0.1) is 0 Å². The minimum absolute atomic E-state index is 0.0621. The van der Waals surface area contributed by atoms with Crippen molar-refractivity contribution in [3.05, 3.63) is 35.9 Å². The smallest absolute Gasteiger partial charge is 0.0891 e. The van der Waals surface area contributed by atoms with Crippen LogP contribution in [0.1, 0.15) is 18.1 Å². The van der Waals surface area contributed by atoms with Crippen LogP contribution in [0.5, 0.6) is 0 Å². The van der Waals surface area contributed by atoms with Crippen molar-refractivity contribution in [2.75, 3.05) is 6.61 Å². The molecule has 1 aliphatic rings. The molecule has 1 atom stereocenters. The first-order valence-corrected chi connectivity index (χ1v) is 4.26. The molecule has 1 aromatic carbocycles. The molecular formula is C10H11NO2. The first-order valence-electron chi connectivity index (χ1n) is 4.26. The summed E-state index contributed by atoms with van der Waals surface area (Å²) in [5.74, 6) is 0. The van der Waals surface area contributed by atoms with Gasteiger partial charge in [-0.3, -0.25) is 0 Å². The lowest BCUT2D eigenvalue weighted by molar-refractivity contribution is 0.116. The van der Waals surface area contributed by atoms with Crippen molar-refractivity contribution in [1.29, 1.82) is 0 Å². The summed E-state index contributed by atoms with van der Waals surface area (Å²) in [4.78, 5) is 0. The highest BCUT2D eigenvalue weighted by Crippen LogP contribution is 2.26. The van der Waals surface area contributed by atoms with E-state index in [-0.39, 0.29) is 6.10 Å². The van der Waals surface area contributed by atoms with Gasteiger partial charge in [-0.2, -0.15) is 0 Å². The zero-order chi connectivity index (χ0) is 9.10. The molecule has 0 amide bonds. The first-order chi connectivity index (χ1) is 6.40. The predicted octanol–water partition coefficient (Wildman–Crippen LogP) is 1.98. The lowest BCUT2D eigenvalue weighted by Crippen LogP contribution is -1.95. The van der Waals surface area contributed by atoms with E-state index in [9.17, 15) is 0 Å². The van der Waals surface area contributed by atoms with Gasteiger partial charge in [0.05, 0.1) is 18.4 Å². The zero-order valence-corrected chi connectivity index (χ0v) is 7.18. The van der Waals surface area contributed by atoms with Gasteiger partial charge in [-0.05, 0) is 5.56 Å². The quantitative estimate of drug-likeness (QED) is 0.526. The van der Waals surface area contributed by atoms with E-state index in [1.807, 2.05) is 30.3 Å². The van der Waals surface area contributed by atoms with E-state index < -0.39 is 0 Å². The van der Waals surface area contributed by atoms with Crippen molar-refractivity contribution in [1.82, 2.24) is 0 Å². The fourth-order valence-electron chi connectivity index (χ4n) is 1.48. The fourth-order valence-corrected chi connectivity index (χ4v) is 1.48. The molecule has 1 N–H and O–H groups in total. The van der Waals surface area contributed by atoms with Crippen LogP contribution in [0.15, 0.2) is 35.5 Å². The second-order valence-electron chi connectivity index (χ2n) is 3.08. The fraction of sp³-hybridized carbons (Fsp3) is 0.300. The highest BCUT2D eigenvalue weighted by molar-refractivity contribution is 5.87. The Hall–Kier alpha value is -1.35. The number of hydrogen-bond donors (Lipinski definition) is 1. The van der Waals surface area contributed by atoms with Gasteiger partial charge in [0.2, 0.25) is 0 Å². The number of benzene rings is 1. The first kappa shape index (κ1) is 8.26. The molecule has 0 unspecified atom stereocenters. The maximum absolute atomic E-state index is 8.54. The van der Waals surface area contributed by atoms with E-state index in [1.54, 1.807) is 0 Å². The Morgan fingerprint density at radius 2 is 2.08 bits per heavy atom. The minimum Gasteiger partial charge on any atom is -0.411 e. The van der Waals surface area contributed by atoms with Gasteiger partial charge in [0.1, 0.15) is 0 Å². The number of rotatable bonds is 1. The second kappa shape index (κ2) is 3.58. The maximum Gasteiger partial charge on any atom is 0.0891 e. The Labute approximate surface area is 76.6 Å². The van der Waals surface area contributed by atoms with Crippen LogP contribution in [0.2, 0.25) is 0 Å². The molecule has 2 rings (SSSR count). The third kappa shape index (κ3) is 1.70. The number of nitrogens with zero attached hydrogens (tertiary/aromatic N) is 1. The van der Waals surface area contributed by atoms with Gasteiger partial charge in [-0.25, -0.2) is 0 Å². The van der Waals surface area contributed by atoms with Gasteiger partial charge in [0.25, 0.3) is 0 Å². The Morgan fingerprint density at radius 3 is 2.69 bits per heavy atom. The van der Waals surface area contributed by atoms with E-state index in [2.05, 4.69) is 5.16 Å². The molecule has 1 saturated heterocycles. The molecule has 3 nitrogen and oxygen atoms in total. The SMILES string of the molecule is O/N=C1/CO[C@H](c2ccccc2)C1. The summed E-state index contributed by atoms with van der Waals surface area (Å²) < 4.78 is 5.45. The van der Waals surface area contributed by atoms with Crippen molar-refractivity contribution in [2.24, 2.45) is 5.16 Å². The van der Waals surface area contributed by atoms with E-state index >= 15 is 0 Å². The van der Waals surface area contributed by atoms with Crippen LogP contribution in [0.3, 0.4) is 0 Å². The lowest BCUT2D eigenvalue weighted by atomic mass is 10.1. The molecule has 0 radical (unpaired) electrons. The number of oxime groups is 1. The van der Waals surface area contributed by atoms with E-state index in [0.29, 0.717) is 18.7 Å². The van der Waals surface area contributed by atoms with Crippen molar-refractivity contribution < 1.29 is 9.94 Å². The van der Waals surface area contributed by atoms with Gasteiger partial charge in [-0.1, -0.05) is 35.5 Å². The Kier molecular flexibility index (Phi) is 2.27. The molecule has 0 spiro atoms. The molecule has 1 fully saturated rings. The van der Waals surface area contributed by atoms with E-state index in [4.69, 9.17) is 9.94 Å². The normalized spacial score (nSPS) is 25.2. The molecule has 0 aromatic heterocycles. The largest absolute Gasteiger partial charge is 0.411 e. The Morgan fingerprint density at radius 1 is 1.31 bits per heavy atom. The van der Waals surface area contributed by atoms with Gasteiger partial charge < -0.3 is 9.94 Å². The molecule has 68 valence electrons. The minimum atomic E-state index is 0.0621. The molecule has 13 heavy (non-hydrogen) atoms. The average Bonchev–Trinajstić information content (AvgIpc) is 2.67. The zero-order valence-electron chi connectivity index (χ0n) is 7.18. The van der Waals surface area contributed by atoms with Crippen LogP contribution < -0.4 is 0 Å². The number of hydrogen-bond acceptors (Lipinski definition) is 3. The van der Waals surface area contributed by atoms with Crippen LogP contribution in [-0.4, -0.2) is 17.5 Å². The molecule has 1 heterocycles. The maximum atomic E-state index is 8.54. The van der Waals surface area contributed by atoms with Crippen LogP contribution in [0.4, 0.5) is 0 Å². The van der Waals surface area contributed by atoms with Crippen LogP contribution >= 0.6 is 0 Å². The summed E-state index contributed by atoms with van der Waals surface area (Å²) >= 11 is 0. The van der Waals surface area contributed by atoms with Crippen LogP contribution in [0.25, 0.3) is 0 Å². The molecule has 0 bridgehead atoms. The van der Waals surface area contributed by atoms with Gasteiger partial charge >= 0.3 is 0 Å². The molecule has 0 aliphatic carbocycles. The highest BCUT2D eigenvalue weighted by Gasteiger charge is 2.22. The number of ether oxygens (including phenoxy) is 1.